The average molecular weight is 279 g/mol. The van der Waals surface area contributed by atoms with Crippen LogP contribution in [0.1, 0.15) is 31.7 Å². The highest BCUT2D eigenvalue weighted by molar-refractivity contribution is 5.79. The minimum atomic E-state index is -0.881. The van der Waals surface area contributed by atoms with Gasteiger partial charge in [-0.15, -0.1) is 0 Å². The number of aliphatic hydroxyl groups is 1. The highest BCUT2D eigenvalue weighted by Crippen LogP contribution is 2.34. The maximum atomic E-state index is 11.5. The summed E-state index contributed by atoms with van der Waals surface area (Å²) >= 11 is 0. The molecular formula is C15H21NO4. The number of likely N-dealkylation sites (N-methyl/N-ethyl adjacent to an activating group) is 1. The summed E-state index contributed by atoms with van der Waals surface area (Å²) in [6.07, 6.45) is 1.55. The van der Waals surface area contributed by atoms with E-state index < -0.39 is 11.5 Å². The van der Waals surface area contributed by atoms with Crippen LogP contribution in [-0.4, -0.2) is 34.4 Å². The normalized spacial score (nSPS) is 25.6. The molecule has 0 heterocycles. The first-order valence-electron chi connectivity index (χ1n) is 6.95. The van der Waals surface area contributed by atoms with E-state index >= 15 is 0 Å². The molecule has 0 amide bonds. The molecule has 110 valence electrons. The van der Waals surface area contributed by atoms with Gasteiger partial charge in [0.15, 0.2) is 0 Å². The summed E-state index contributed by atoms with van der Waals surface area (Å²) in [5.74, 6) is -0.182. The number of hydrogen-bond acceptors (Lipinski definition) is 4. The molecule has 0 bridgehead atoms. The number of aliphatic hydroxyl groups excluding tert-OH is 1. The fourth-order valence-electron chi connectivity index (χ4n) is 2.80. The summed E-state index contributed by atoms with van der Waals surface area (Å²) in [4.78, 5) is 11.5. The Labute approximate surface area is 118 Å². The Kier molecular flexibility index (Phi) is 4.62. The molecule has 1 aromatic carbocycles. The molecular weight excluding hydrogens is 258 g/mol. The first-order valence-corrected chi connectivity index (χ1v) is 6.95. The molecule has 0 radical (unpaired) electrons. The first-order chi connectivity index (χ1) is 9.61. The second kappa shape index (κ2) is 6.24. The van der Waals surface area contributed by atoms with Crippen molar-refractivity contribution in [1.29, 1.82) is 0 Å². The molecule has 2 unspecified atom stereocenters. The van der Waals surface area contributed by atoms with Gasteiger partial charge in [-0.05, 0) is 25.5 Å². The van der Waals surface area contributed by atoms with Gasteiger partial charge in [0.25, 0.3) is 0 Å². The van der Waals surface area contributed by atoms with Crippen LogP contribution < -0.4 is 10.1 Å². The Hall–Kier alpha value is -1.59. The average Bonchev–Trinajstić information content (AvgIpc) is 2.84. The summed E-state index contributed by atoms with van der Waals surface area (Å²) in [7, 11) is 0. The van der Waals surface area contributed by atoms with Crippen LogP contribution in [0.3, 0.4) is 0 Å². The molecule has 0 aliphatic heterocycles. The standard InChI is InChI=1S/C15H21NO4/c1-2-16-15(14(18)19)8-7-12(9-15)20-13-6-4-3-5-11(13)10-17/h3-6,12,16-17H,2,7-10H2,1H3,(H,18,19). The summed E-state index contributed by atoms with van der Waals surface area (Å²) < 4.78 is 5.89. The SMILES string of the molecule is CCNC1(C(=O)O)CCC(Oc2ccccc2CO)C1. The first kappa shape index (κ1) is 14.8. The summed E-state index contributed by atoms with van der Waals surface area (Å²) in [5, 5.41) is 21.8. The number of carboxylic acid groups (broad SMARTS) is 1. The van der Waals surface area contributed by atoms with E-state index in [1.807, 2.05) is 19.1 Å². The van der Waals surface area contributed by atoms with Crippen molar-refractivity contribution in [1.82, 2.24) is 5.32 Å². The lowest BCUT2D eigenvalue weighted by Gasteiger charge is -2.25. The third-order valence-corrected chi connectivity index (χ3v) is 3.83. The molecule has 1 saturated carbocycles. The van der Waals surface area contributed by atoms with E-state index in [2.05, 4.69) is 5.32 Å². The summed E-state index contributed by atoms with van der Waals surface area (Å²) in [6.45, 7) is 2.44. The van der Waals surface area contributed by atoms with E-state index in [4.69, 9.17) is 4.74 Å². The Bertz CT molecular complexity index is 477. The predicted octanol–water partition coefficient (Wildman–Crippen LogP) is 1.54. The van der Waals surface area contributed by atoms with Crippen molar-refractivity contribution in [3.63, 3.8) is 0 Å². The monoisotopic (exact) mass is 279 g/mol. The van der Waals surface area contributed by atoms with E-state index in [-0.39, 0.29) is 12.7 Å². The quantitative estimate of drug-likeness (QED) is 0.736. The zero-order valence-corrected chi connectivity index (χ0v) is 11.6. The van der Waals surface area contributed by atoms with Gasteiger partial charge in [-0.3, -0.25) is 4.79 Å². The van der Waals surface area contributed by atoms with Crippen LogP contribution in [0.15, 0.2) is 24.3 Å². The fourth-order valence-corrected chi connectivity index (χ4v) is 2.80. The van der Waals surface area contributed by atoms with E-state index in [0.717, 1.165) is 5.56 Å². The summed E-state index contributed by atoms with van der Waals surface area (Å²) in [6, 6.07) is 7.30. The number of nitrogens with one attached hydrogen (secondary N) is 1. The lowest BCUT2D eigenvalue weighted by atomic mass is 9.98. The van der Waals surface area contributed by atoms with Gasteiger partial charge in [-0.2, -0.15) is 0 Å². The molecule has 5 heteroatoms. The van der Waals surface area contributed by atoms with Gasteiger partial charge in [0.1, 0.15) is 17.4 Å². The van der Waals surface area contributed by atoms with Crippen molar-refractivity contribution in [2.75, 3.05) is 6.54 Å². The van der Waals surface area contributed by atoms with Gasteiger partial charge in [0, 0.05) is 12.0 Å². The third kappa shape index (κ3) is 2.94. The number of aliphatic carboxylic acids is 1. The molecule has 1 aliphatic carbocycles. The van der Waals surface area contributed by atoms with Crippen LogP contribution in [-0.2, 0) is 11.4 Å². The van der Waals surface area contributed by atoms with Crippen molar-refractivity contribution in [3.8, 4) is 5.75 Å². The van der Waals surface area contributed by atoms with Crippen molar-refractivity contribution < 1.29 is 19.7 Å². The number of rotatable bonds is 6. The number of carboxylic acids is 1. The van der Waals surface area contributed by atoms with Gasteiger partial charge in [0.2, 0.25) is 0 Å². The Morgan fingerprint density at radius 2 is 2.25 bits per heavy atom. The molecule has 2 rings (SSSR count). The molecule has 0 spiro atoms. The molecule has 0 saturated heterocycles. The van der Waals surface area contributed by atoms with Crippen LogP contribution in [0.25, 0.3) is 0 Å². The van der Waals surface area contributed by atoms with Crippen LogP contribution >= 0.6 is 0 Å². The van der Waals surface area contributed by atoms with E-state index in [0.29, 0.717) is 31.6 Å². The van der Waals surface area contributed by atoms with Crippen molar-refractivity contribution in [2.45, 2.75) is 44.4 Å². The summed E-state index contributed by atoms with van der Waals surface area (Å²) in [5.41, 5.74) is -0.156. The zero-order chi connectivity index (χ0) is 14.6. The molecule has 1 fully saturated rings. The molecule has 1 aliphatic rings. The lowest BCUT2D eigenvalue weighted by Crippen LogP contribution is -2.50. The minimum absolute atomic E-state index is 0.0832. The topological polar surface area (TPSA) is 78.8 Å². The fraction of sp³-hybridized carbons (Fsp3) is 0.533. The van der Waals surface area contributed by atoms with Crippen LogP contribution in [0.4, 0.5) is 0 Å². The number of carbonyl (C=O) groups is 1. The van der Waals surface area contributed by atoms with Gasteiger partial charge in [-0.25, -0.2) is 0 Å². The van der Waals surface area contributed by atoms with E-state index in [1.54, 1.807) is 12.1 Å². The molecule has 5 nitrogen and oxygen atoms in total. The Balaban J connectivity index is 2.07. The number of para-hydroxylation sites is 1. The van der Waals surface area contributed by atoms with Gasteiger partial charge in [0.05, 0.1) is 6.61 Å². The second-order valence-electron chi connectivity index (χ2n) is 5.17. The van der Waals surface area contributed by atoms with Crippen molar-refractivity contribution in [2.24, 2.45) is 0 Å². The highest BCUT2D eigenvalue weighted by Gasteiger charge is 2.45. The largest absolute Gasteiger partial charge is 0.490 e. The Morgan fingerprint density at radius 3 is 2.90 bits per heavy atom. The lowest BCUT2D eigenvalue weighted by molar-refractivity contribution is -0.144. The van der Waals surface area contributed by atoms with Gasteiger partial charge in [-0.1, -0.05) is 25.1 Å². The molecule has 0 aromatic heterocycles. The smallest absolute Gasteiger partial charge is 0.324 e. The van der Waals surface area contributed by atoms with E-state index in [1.165, 1.54) is 0 Å². The zero-order valence-electron chi connectivity index (χ0n) is 11.6. The van der Waals surface area contributed by atoms with Crippen molar-refractivity contribution >= 4 is 5.97 Å². The second-order valence-corrected chi connectivity index (χ2v) is 5.17. The third-order valence-electron chi connectivity index (χ3n) is 3.83. The highest BCUT2D eigenvalue weighted by atomic mass is 16.5. The molecule has 3 N–H and O–H groups in total. The number of benzene rings is 1. The number of ether oxygens (including phenoxy) is 1. The van der Waals surface area contributed by atoms with Crippen LogP contribution in [0, 0.1) is 0 Å². The number of hydrogen-bond donors (Lipinski definition) is 3. The van der Waals surface area contributed by atoms with Gasteiger partial charge < -0.3 is 20.3 Å². The maximum absolute atomic E-state index is 11.5. The molecule has 1 aromatic rings. The maximum Gasteiger partial charge on any atom is 0.324 e. The predicted molar refractivity (Wildman–Crippen MR) is 74.7 cm³/mol. The van der Waals surface area contributed by atoms with Gasteiger partial charge >= 0.3 is 5.97 Å². The van der Waals surface area contributed by atoms with Crippen molar-refractivity contribution in [3.05, 3.63) is 29.8 Å². The van der Waals surface area contributed by atoms with Crippen LogP contribution in [0.5, 0.6) is 5.75 Å². The van der Waals surface area contributed by atoms with E-state index in [9.17, 15) is 15.0 Å². The molecule has 20 heavy (non-hydrogen) atoms. The van der Waals surface area contributed by atoms with Crippen LogP contribution in [0.2, 0.25) is 0 Å². The Morgan fingerprint density at radius 1 is 1.50 bits per heavy atom. The minimum Gasteiger partial charge on any atom is -0.490 e. The molecule has 2 atom stereocenters.